The summed E-state index contributed by atoms with van der Waals surface area (Å²) in [7, 11) is 0. The van der Waals surface area contributed by atoms with Gasteiger partial charge in [-0.15, -0.1) is 0 Å². The van der Waals surface area contributed by atoms with Crippen molar-refractivity contribution in [1.82, 2.24) is 4.90 Å². The Morgan fingerprint density at radius 3 is 2.90 bits per heavy atom. The molecule has 0 spiro atoms. The average Bonchev–Trinajstić information content (AvgIpc) is 2.31. The Morgan fingerprint density at radius 2 is 2.35 bits per heavy atom. The van der Waals surface area contributed by atoms with Crippen molar-refractivity contribution in [3.05, 3.63) is 10.1 Å². The maximum absolute atomic E-state index is 11.8. The number of carboxylic acid groups (broad SMARTS) is 1. The van der Waals surface area contributed by atoms with Gasteiger partial charge in [0.15, 0.2) is 5.03 Å². The van der Waals surface area contributed by atoms with E-state index in [0.29, 0.717) is 5.71 Å². The maximum atomic E-state index is 11.8. The van der Waals surface area contributed by atoms with Crippen LogP contribution in [0.1, 0.15) is 26.2 Å². The van der Waals surface area contributed by atoms with Crippen molar-refractivity contribution in [3.8, 4) is 0 Å². The van der Waals surface area contributed by atoms with Crippen LogP contribution in [-0.2, 0) is 9.59 Å². The van der Waals surface area contributed by atoms with Gasteiger partial charge in [0, 0.05) is 12.3 Å². The molecule has 10 heteroatoms. The van der Waals surface area contributed by atoms with Crippen LogP contribution in [0.2, 0.25) is 0 Å². The second kappa shape index (κ2) is 6.70. The Morgan fingerprint density at radius 1 is 1.70 bits per heavy atom. The molecule has 0 unspecified atom stereocenters. The zero-order valence-electron chi connectivity index (χ0n) is 10.9. The highest BCUT2D eigenvalue weighted by molar-refractivity contribution is 6.14. The fourth-order valence-corrected chi connectivity index (χ4v) is 1.66. The quantitative estimate of drug-likeness (QED) is 0.492. The fraction of sp³-hybridized carbons (Fsp3) is 0.600. The van der Waals surface area contributed by atoms with Crippen LogP contribution in [0.15, 0.2) is 10.1 Å². The van der Waals surface area contributed by atoms with Gasteiger partial charge >= 0.3 is 11.9 Å². The number of nitro groups is 1. The van der Waals surface area contributed by atoms with Gasteiger partial charge < -0.3 is 10.8 Å². The number of aliphatic imine (C=N–C) groups is 1. The maximum Gasteiger partial charge on any atom is 0.320 e. The smallest absolute Gasteiger partial charge is 0.320 e. The molecule has 110 valence electrons. The van der Waals surface area contributed by atoms with Crippen LogP contribution in [0, 0.1) is 10.1 Å². The second-order valence-corrected chi connectivity index (χ2v) is 4.29. The summed E-state index contributed by atoms with van der Waals surface area (Å²) in [5, 5.41) is 21.2. The molecule has 1 aliphatic heterocycles. The van der Waals surface area contributed by atoms with E-state index >= 15 is 0 Å². The highest BCUT2D eigenvalue weighted by Gasteiger charge is 2.27. The molecule has 10 nitrogen and oxygen atoms in total. The lowest BCUT2D eigenvalue weighted by molar-refractivity contribution is -0.485. The van der Waals surface area contributed by atoms with E-state index in [0.717, 1.165) is 4.90 Å². The first-order chi connectivity index (χ1) is 9.31. The van der Waals surface area contributed by atoms with Gasteiger partial charge in [0.2, 0.25) is 5.91 Å². The average molecular weight is 285 g/mol. The van der Waals surface area contributed by atoms with Crippen molar-refractivity contribution in [2.24, 2.45) is 15.8 Å². The van der Waals surface area contributed by atoms with E-state index in [4.69, 9.17) is 10.8 Å². The monoisotopic (exact) mass is 285 g/mol. The molecular formula is C10H15N5O5. The van der Waals surface area contributed by atoms with Crippen LogP contribution in [0.3, 0.4) is 0 Å². The van der Waals surface area contributed by atoms with Crippen molar-refractivity contribution >= 4 is 23.5 Å². The van der Waals surface area contributed by atoms with Gasteiger partial charge in [-0.1, -0.05) is 0 Å². The minimum atomic E-state index is -1.14. The summed E-state index contributed by atoms with van der Waals surface area (Å²) in [6.45, 7) is 1.66. The topological polar surface area (TPSA) is 151 Å². The largest absolute Gasteiger partial charge is 0.480 e. The van der Waals surface area contributed by atoms with Crippen LogP contribution >= 0.6 is 0 Å². The fourth-order valence-electron chi connectivity index (χ4n) is 1.66. The van der Waals surface area contributed by atoms with Crippen LogP contribution in [0.25, 0.3) is 0 Å². The van der Waals surface area contributed by atoms with E-state index in [1.807, 2.05) is 0 Å². The lowest BCUT2D eigenvalue weighted by Crippen LogP contribution is -2.42. The number of nitrogens with two attached hydrogens (primary N) is 1. The number of carboxylic acids is 1. The second-order valence-electron chi connectivity index (χ2n) is 4.29. The molecule has 3 N–H and O–H groups in total. The summed E-state index contributed by atoms with van der Waals surface area (Å²) in [6.07, 6.45) is 0.486. The van der Waals surface area contributed by atoms with Crippen LogP contribution in [-0.4, -0.2) is 51.2 Å². The first-order valence-corrected chi connectivity index (χ1v) is 5.87. The van der Waals surface area contributed by atoms with Gasteiger partial charge in [-0.05, 0) is 19.8 Å². The van der Waals surface area contributed by atoms with Gasteiger partial charge in [0.25, 0.3) is 0 Å². The van der Waals surface area contributed by atoms with Crippen molar-refractivity contribution < 1.29 is 19.7 Å². The predicted octanol–water partition coefficient (Wildman–Crippen LogP) is -0.581. The third-order valence-electron chi connectivity index (χ3n) is 2.63. The highest BCUT2D eigenvalue weighted by Crippen LogP contribution is 2.10. The minimum absolute atomic E-state index is 0.0573. The van der Waals surface area contributed by atoms with E-state index in [9.17, 15) is 19.7 Å². The summed E-state index contributed by atoms with van der Waals surface area (Å²) in [4.78, 5) is 37.7. The summed E-state index contributed by atoms with van der Waals surface area (Å²) in [5.74, 6) is -1.78. The van der Waals surface area contributed by atoms with Gasteiger partial charge in [0.1, 0.15) is 11.1 Å². The van der Waals surface area contributed by atoms with E-state index < -0.39 is 17.0 Å². The number of hydrazone groups is 1. The Hall–Kier alpha value is -2.36. The molecule has 1 heterocycles. The molecule has 0 fully saturated rings. The zero-order valence-corrected chi connectivity index (χ0v) is 10.9. The zero-order chi connectivity index (χ0) is 15.3. The molecule has 20 heavy (non-hydrogen) atoms. The predicted molar refractivity (Wildman–Crippen MR) is 68.7 cm³/mol. The normalized spacial score (nSPS) is 18.9. The summed E-state index contributed by atoms with van der Waals surface area (Å²) >= 11 is 0. The van der Waals surface area contributed by atoms with Gasteiger partial charge in [0.05, 0.1) is 6.42 Å². The molecule has 0 aromatic heterocycles. The third kappa shape index (κ3) is 4.39. The van der Waals surface area contributed by atoms with Crippen LogP contribution in [0.4, 0.5) is 0 Å². The molecule has 0 saturated heterocycles. The Labute approximate surface area is 114 Å². The molecule has 0 aliphatic carbocycles. The molecule has 1 amide bonds. The molecule has 1 atom stereocenters. The highest BCUT2D eigenvalue weighted by atomic mass is 16.7. The summed E-state index contributed by atoms with van der Waals surface area (Å²) in [5.41, 5.74) is 5.77. The molecule has 1 rings (SSSR count). The van der Waals surface area contributed by atoms with Gasteiger partial charge in [-0.2, -0.15) is 0 Å². The van der Waals surface area contributed by atoms with E-state index in [-0.39, 0.29) is 37.7 Å². The first-order valence-electron chi connectivity index (χ1n) is 5.87. The van der Waals surface area contributed by atoms with Gasteiger partial charge in [-0.25, -0.2) is 15.1 Å². The van der Waals surface area contributed by atoms with E-state index in [1.165, 1.54) is 0 Å². The molecular weight excluding hydrogens is 270 g/mol. The first kappa shape index (κ1) is 15.7. The van der Waals surface area contributed by atoms with Crippen molar-refractivity contribution in [3.63, 3.8) is 0 Å². The van der Waals surface area contributed by atoms with Crippen molar-refractivity contribution in [2.75, 3.05) is 6.54 Å². The Balaban J connectivity index is 2.72. The Bertz CT molecular complexity index is 486. The molecule has 0 saturated carbocycles. The third-order valence-corrected chi connectivity index (χ3v) is 2.63. The molecule has 0 aromatic rings. The number of amides is 1. The number of carbonyl (C=O) groups is 2. The molecule has 0 radical (unpaired) electrons. The number of aliphatic carboxylic acids is 1. The van der Waals surface area contributed by atoms with Crippen molar-refractivity contribution in [1.29, 1.82) is 0 Å². The summed E-state index contributed by atoms with van der Waals surface area (Å²) < 4.78 is 0. The van der Waals surface area contributed by atoms with Crippen molar-refractivity contribution in [2.45, 2.75) is 32.2 Å². The number of carbonyl (C=O) groups excluding carboxylic acids is 1. The van der Waals surface area contributed by atoms with E-state index in [2.05, 4.69) is 10.1 Å². The SMILES string of the molecule is CC1=N/C(=N\[N+](=O)[O-])N(CCC[C@H](N)C(=O)O)C(=O)C1. The standard InChI is InChI=1S/C10H15N5O5/c1-6-5-8(16)14(10(12-6)13-15(19)20)4-2-3-7(11)9(17)18/h7H,2-5,11H2,1H3,(H,17,18)/b13-10+/t7-/m0/s1. The van der Waals surface area contributed by atoms with Crippen LogP contribution < -0.4 is 5.73 Å². The number of guanidine groups is 1. The molecule has 1 aliphatic rings. The molecule has 0 aromatic carbocycles. The van der Waals surface area contributed by atoms with Crippen LogP contribution in [0.5, 0.6) is 0 Å². The van der Waals surface area contributed by atoms with E-state index in [1.54, 1.807) is 6.92 Å². The summed E-state index contributed by atoms with van der Waals surface area (Å²) in [6, 6.07) is -1.03. The Kier molecular flexibility index (Phi) is 5.26. The lowest BCUT2D eigenvalue weighted by atomic mass is 10.1. The number of hydrogen-bond acceptors (Lipinski definition) is 5. The number of rotatable bonds is 6. The molecule has 0 bridgehead atoms. The number of hydrogen-bond donors (Lipinski definition) is 2. The number of nitrogens with zero attached hydrogens (tertiary/aromatic N) is 4. The minimum Gasteiger partial charge on any atom is -0.480 e. The lowest BCUT2D eigenvalue weighted by Gasteiger charge is -2.24. The van der Waals surface area contributed by atoms with Gasteiger partial charge in [-0.3, -0.25) is 14.5 Å².